The van der Waals surface area contributed by atoms with Crippen LogP contribution in [0.25, 0.3) is 10.9 Å². The largest absolute Gasteiger partial charge is 0.398 e. The molecule has 0 aliphatic carbocycles. The number of fused-ring (bicyclic) bond motifs is 1. The number of anilines is 1. The average Bonchev–Trinajstić information content (AvgIpc) is 2.82. The van der Waals surface area contributed by atoms with Crippen LogP contribution in [-0.4, -0.2) is 4.98 Å². The van der Waals surface area contributed by atoms with Crippen LogP contribution in [0.2, 0.25) is 0 Å². The number of halogens is 1. The summed E-state index contributed by atoms with van der Waals surface area (Å²) in [6.45, 7) is 0. The Bertz CT molecular complexity index is 550. The van der Waals surface area contributed by atoms with Gasteiger partial charge in [-0.3, -0.25) is 0 Å². The maximum absolute atomic E-state index is 5.47. The van der Waals surface area contributed by atoms with Crippen LogP contribution < -0.4 is 5.73 Å². The molecule has 0 saturated carbocycles. The van der Waals surface area contributed by atoms with E-state index < -0.39 is 0 Å². The van der Waals surface area contributed by atoms with Crippen LogP contribution in [0, 0.1) is 0 Å². The number of hydrogen-bond donors (Lipinski definition) is 2. The third-order valence-electron chi connectivity index (χ3n) is 2.37. The molecule has 3 N–H and O–H groups in total. The molecule has 0 saturated heterocycles. The molecule has 0 bridgehead atoms. The van der Waals surface area contributed by atoms with Crippen LogP contribution in [0.15, 0.2) is 65.3 Å². The Labute approximate surface area is 109 Å². The van der Waals surface area contributed by atoms with Crippen LogP contribution in [0.5, 0.6) is 0 Å². The summed E-state index contributed by atoms with van der Waals surface area (Å²) in [6.07, 6.45) is 1.95. The standard InChI is InChI=1S/C8H7N.C6H6BrN/c1-2-4-8-7(3-1)5-6-9-8;7-5-3-1-2-4-6(5)8/h1-6,9H;1-4H,8H2. The molecule has 0 amide bonds. The smallest absolute Gasteiger partial charge is 0.0458 e. The second-order valence-corrected chi connectivity index (χ2v) is 4.44. The molecule has 1 heterocycles. The molecular weight excluding hydrogens is 276 g/mol. The summed E-state index contributed by atoms with van der Waals surface area (Å²) in [6, 6.07) is 17.9. The van der Waals surface area contributed by atoms with E-state index in [2.05, 4.69) is 39.1 Å². The lowest BCUT2D eigenvalue weighted by molar-refractivity contribution is 1.48. The lowest BCUT2D eigenvalue weighted by Gasteiger charge is -1.91. The van der Waals surface area contributed by atoms with Crippen molar-refractivity contribution in [1.82, 2.24) is 4.98 Å². The van der Waals surface area contributed by atoms with Crippen LogP contribution in [0.3, 0.4) is 0 Å². The van der Waals surface area contributed by atoms with Gasteiger partial charge in [0.15, 0.2) is 0 Å². The fraction of sp³-hybridized carbons (Fsp3) is 0. The number of nitrogen functional groups attached to an aromatic ring is 1. The maximum Gasteiger partial charge on any atom is 0.0458 e. The van der Waals surface area contributed by atoms with Crippen molar-refractivity contribution < 1.29 is 0 Å². The molecular formula is C14H13BrN2. The SMILES string of the molecule is Nc1ccccc1Br.c1ccc2[nH]ccc2c1. The highest BCUT2D eigenvalue weighted by atomic mass is 79.9. The number of para-hydroxylation sites is 2. The third kappa shape index (κ3) is 3.11. The average molecular weight is 289 g/mol. The fourth-order valence-corrected chi connectivity index (χ4v) is 1.75. The number of H-pyrrole nitrogens is 1. The summed E-state index contributed by atoms with van der Waals surface area (Å²) in [5.74, 6) is 0. The van der Waals surface area contributed by atoms with Crippen molar-refractivity contribution in [3.8, 4) is 0 Å². The molecule has 3 aromatic rings. The highest BCUT2D eigenvalue weighted by Gasteiger charge is 1.87. The number of benzene rings is 2. The number of aromatic nitrogens is 1. The Kier molecular flexibility index (Phi) is 3.83. The molecule has 0 unspecified atom stereocenters. The summed E-state index contributed by atoms with van der Waals surface area (Å²) < 4.78 is 0.958. The van der Waals surface area contributed by atoms with Gasteiger partial charge in [-0.2, -0.15) is 0 Å². The zero-order chi connectivity index (χ0) is 12.1. The second-order valence-electron chi connectivity index (χ2n) is 3.59. The highest BCUT2D eigenvalue weighted by molar-refractivity contribution is 9.10. The summed E-state index contributed by atoms with van der Waals surface area (Å²) in [5.41, 5.74) is 7.46. The molecule has 2 nitrogen and oxygen atoms in total. The molecule has 0 spiro atoms. The van der Waals surface area contributed by atoms with E-state index in [1.807, 2.05) is 42.6 Å². The van der Waals surface area contributed by atoms with Gasteiger partial charge in [-0.05, 0) is 45.6 Å². The number of aromatic amines is 1. The van der Waals surface area contributed by atoms with Gasteiger partial charge in [-0.25, -0.2) is 0 Å². The van der Waals surface area contributed by atoms with E-state index in [9.17, 15) is 0 Å². The second kappa shape index (κ2) is 5.55. The number of rotatable bonds is 0. The fourth-order valence-electron chi connectivity index (χ4n) is 1.47. The first kappa shape index (κ1) is 11.7. The first-order valence-corrected chi connectivity index (χ1v) is 6.09. The third-order valence-corrected chi connectivity index (χ3v) is 3.09. The van der Waals surface area contributed by atoms with Gasteiger partial charge in [0.2, 0.25) is 0 Å². The molecule has 3 heteroatoms. The molecule has 3 rings (SSSR count). The van der Waals surface area contributed by atoms with Crippen molar-refractivity contribution in [1.29, 1.82) is 0 Å². The molecule has 0 aliphatic heterocycles. The lowest BCUT2D eigenvalue weighted by Crippen LogP contribution is -1.82. The highest BCUT2D eigenvalue weighted by Crippen LogP contribution is 2.16. The lowest BCUT2D eigenvalue weighted by atomic mass is 10.3. The summed E-state index contributed by atoms with van der Waals surface area (Å²) >= 11 is 3.27. The molecule has 1 aromatic heterocycles. The van der Waals surface area contributed by atoms with Gasteiger partial charge in [-0.15, -0.1) is 0 Å². The first-order valence-electron chi connectivity index (χ1n) is 5.29. The topological polar surface area (TPSA) is 41.8 Å². The van der Waals surface area contributed by atoms with Gasteiger partial charge in [0.25, 0.3) is 0 Å². The Hall–Kier alpha value is -1.74. The van der Waals surface area contributed by atoms with Gasteiger partial charge >= 0.3 is 0 Å². The van der Waals surface area contributed by atoms with Gasteiger partial charge in [0.05, 0.1) is 0 Å². The van der Waals surface area contributed by atoms with Crippen LogP contribution in [-0.2, 0) is 0 Å². The van der Waals surface area contributed by atoms with Crippen LogP contribution in [0.4, 0.5) is 5.69 Å². The van der Waals surface area contributed by atoms with Crippen LogP contribution >= 0.6 is 15.9 Å². The minimum absolute atomic E-state index is 0.785. The summed E-state index contributed by atoms with van der Waals surface area (Å²) in [5, 5.41) is 1.28. The minimum atomic E-state index is 0.785. The number of nitrogens with two attached hydrogens (primary N) is 1. The van der Waals surface area contributed by atoms with E-state index in [0.717, 1.165) is 10.2 Å². The minimum Gasteiger partial charge on any atom is -0.398 e. The van der Waals surface area contributed by atoms with Crippen molar-refractivity contribution in [2.24, 2.45) is 0 Å². The van der Waals surface area contributed by atoms with E-state index in [4.69, 9.17) is 5.73 Å². The van der Waals surface area contributed by atoms with Gasteiger partial charge in [-0.1, -0.05) is 30.3 Å². The first-order chi connectivity index (χ1) is 8.27. The van der Waals surface area contributed by atoms with Crippen LogP contribution in [0.1, 0.15) is 0 Å². The van der Waals surface area contributed by atoms with E-state index in [1.165, 1.54) is 10.9 Å². The quantitative estimate of drug-likeness (QED) is 0.598. The molecule has 0 radical (unpaired) electrons. The predicted molar refractivity (Wildman–Crippen MR) is 76.9 cm³/mol. The van der Waals surface area contributed by atoms with E-state index in [1.54, 1.807) is 0 Å². The number of hydrogen-bond acceptors (Lipinski definition) is 1. The Morgan fingerprint density at radius 3 is 2.24 bits per heavy atom. The van der Waals surface area contributed by atoms with E-state index in [-0.39, 0.29) is 0 Å². The molecule has 17 heavy (non-hydrogen) atoms. The van der Waals surface area contributed by atoms with Crippen molar-refractivity contribution in [3.63, 3.8) is 0 Å². The zero-order valence-electron chi connectivity index (χ0n) is 9.23. The van der Waals surface area contributed by atoms with Crippen molar-refractivity contribution >= 4 is 32.5 Å². The van der Waals surface area contributed by atoms with Crippen molar-refractivity contribution in [2.45, 2.75) is 0 Å². The number of nitrogens with one attached hydrogen (secondary N) is 1. The zero-order valence-corrected chi connectivity index (χ0v) is 10.8. The Morgan fingerprint density at radius 1 is 0.882 bits per heavy atom. The Balaban J connectivity index is 0.000000128. The maximum atomic E-state index is 5.47. The van der Waals surface area contributed by atoms with E-state index >= 15 is 0 Å². The van der Waals surface area contributed by atoms with E-state index in [0.29, 0.717) is 0 Å². The predicted octanol–water partition coefficient (Wildman–Crippen LogP) is 4.20. The van der Waals surface area contributed by atoms with Crippen molar-refractivity contribution in [2.75, 3.05) is 5.73 Å². The summed E-state index contributed by atoms with van der Waals surface area (Å²) in [4.78, 5) is 3.12. The Morgan fingerprint density at radius 2 is 1.59 bits per heavy atom. The normalized spacial score (nSPS) is 9.71. The van der Waals surface area contributed by atoms with Gasteiger partial charge in [0.1, 0.15) is 0 Å². The summed E-state index contributed by atoms with van der Waals surface area (Å²) in [7, 11) is 0. The van der Waals surface area contributed by atoms with Gasteiger partial charge in [0, 0.05) is 21.9 Å². The van der Waals surface area contributed by atoms with Gasteiger partial charge < -0.3 is 10.7 Å². The molecule has 86 valence electrons. The monoisotopic (exact) mass is 288 g/mol. The molecule has 0 atom stereocenters. The molecule has 0 aliphatic rings. The molecule has 2 aromatic carbocycles. The van der Waals surface area contributed by atoms with Crippen molar-refractivity contribution in [3.05, 3.63) is 65.3 Å². The molecule has 0 fully saturated rings.